The minimum Gasteiger partial charge on any atom is -0.354 e. The summed E-state index contributed by atoms with van der Waals surface area (Å²) in [5.74, 6) is 0.701. The molecule has 22 heavy (non-hydrogen) atoms. The van der Waals surface area contributed by atoms with Crippen LogP contribution in [0.5, 0.6) is 0 Å². The number of aryl methyl sites for hydroxylation is 1. The molecule has 0 saturated carbocycles. The van der Waals surface area contributed by atoms with Gasteiger partial charge in [-0.25, -0.2) is 9.97 Å². The van der Waals surface area contributed by atoms with Crippen molar-refractivity contribution in [3.05, 3.63) is 46.2 Å². The van der Waals surface area contributed by atoms with E-state index < -0.39 is 0 Å². The summed E-state index contributed by atoms with van der Waals surface area (Å²) in [5, 5.41) is 5.97. The molecule has 5 nitrogen and oxygen atoms in total. The van der Waals surface area contributed by atoms with Gasteiger partial charge in [-0.05, 0) is 37.1 Å². The Balaban J connectivity index is 2.15. The van der Waals surface area contributed by atoms with Crippen LogP contribution in [0.4, 0.5) is 11.6 Å². The van der Waals surface area contributed by atoms with Gasteiger partial charge in [0.1, 0.15) is 5.69 Å². The monoisotopic (exact) mass is 362 g/mol. The molecule has 1 aromatic carbocycles. The first-order valence-corrected chi connectivity index (χ1v) is 7.90. The Morgan fingerprint density at radius 2 is 2.05 bits per heavy atom. The van der Waals surface area contributed by atoms with Crippen molar-refractivity contribution in [2.24, 2.45) is 5.92 Å². The highest BCUT2D eigenvalue weighted by atomic mass is 79.9. The van der Waals surface area contributed by atoms with Crippen LogP contribution in [0.3, 0.4) is 0 Å². The number of halogens is 1. The van der Waals surface area contributed by atoms with Crippen LogP contribution in [-0.2, 0) is 0 Å². The Morgan fingerprint density at radius 3 is 2.73 bits per heavy atom. The molecule has 2 rings (SSSR count). The van der Waals surface area contributed by atoms with E-state index in [0.717, 1.165) is 16.7 Å². The first-order chi connectivity index (χ1) is 10.4. The van der Waals surface area contributed by atoms with Crippen molar-refractivity contribution in [2.45, 2.75) is 20.8 Å². The van der Waals surface area contributed by atoms with E-state index in [9.17, 15) is 4.79 Å². The summed E-state index contributed by atoms with van der Waals surface area (Å²) in [6, 6.07) is 9.10. The number of benzene rings is 1. The maximum atomic E-state index is 12.3. The fraction of sp³-hybridized carbons (Fsp3) is 0.312. The van der Waals surface area contributed by atoms with Crippen LogP contribution in [0.2, 0.25) is 0 Å². The lowest BCUT2D eigenvalue weighted by Crippen LogP contribution is -2.17. The number of carbonyl (C=O) groups excluding carboxylic acids is 1. The predicted octanol–water partition coefficient (Wildman–Crippen LogP) is 3.87. The van der Waals surface area contributed by atoms with Gasteiger partial charge in [-0.2, -0.15) is 0 Å². The molecule has 2 aromatic rings. The largest absolute Gasteiger partial charge is 0.354 e. The summed E-state index contributed by atoms with van der Waals surface area (Å²) in [7, 11) is 0. The van der Waals surface area contributed by atoms with E-state index in [4.69, 9.17) is 0 Å². The highest BCUT2D eigenvalue weighted by molar-refractivity contribution is 9.10. The Bertz CT molecular complexity index is 673. The second-order valence-corrected chi connectivity index (χ2v) is 6.37. The molecule has 0 aliphatic heterocycles. The van der Waals surface area contributed by atoms with Gasteiger partial charge in [-0.3, -0.25) is 4.79 Å². The minimum atomic E-state index is -0.254. The van der Waals surface area contributed by atoms with Crippen molar-refractivity contribution in [1.82, 2.24) is 9.97 Å². The maximum absolute atomic E-state index is 12.3. The first-order valence-electron chi connectivity index (χ1n) is 7.10. The SMILES string of the molecule is Cc1cc(C(=O)Nc2cccc(Br)c2)nc(NCC(C)C)n1. The third-order valence-electron chi connectivity index (χ3n) is 2.84. The molecule has 1 heterocycles. The standard InChI is InChI=1S/C16H19BrN4O/c1-10(2)9-18-16-19-11(3)7-14(21-16)15(22)20-13-6-4-5-12(17)8-13/h4-8,10H,9H2,1-3H3,(H,20,22)(H,18,19,21). The van der Waals surface area contributed by atoms with Crippen LogP contribution in [0, 0.1) is 12.8 Å². The number of rotatable bonds is 5. The molecule has 0 aliphatic carbocycles. The summed E-state index contributed by atoms with van der Waals surface area (Å²) in [6.07, 6.45) is 0. The summed E-state index contributed by atoms with van der Waals surface area (Å²) in [4.78, 5) is 20.9. The second-order valence-electron chi connectivity index (χ2n) is 5.46. The third kappa shape index (κ3) is 4.80. The third-order valence-corrected chi connectivity index (χ3v) is 3.33. The van der Waals surface area contributed by atoms with Gasteiger partial charge >= 0.3 is 0 Å². The van der Waals surface area contributed by atoms with E-state index in [1.54, 1.807) is 6.07 Å². The zero-order valence-corrected chi connectivity index (χ0v) is 14.4. The number of nitrogens with zero attached hydrogens (tertiary/aromatic N) is 2. The molecule has 0 aliphatic rings. The van der Waals surface area contributed by atoms with E-state index in [0.29, 0.717) is 23.2 Å². The smallest absolute Gasteiger partial charge is 0.274 e. The second kappa shape index (κ2) is 7.35. The fourth-order valence-corrected chi connectivity index (χ4v) is 2.22. The van der Waals surface area contributed by atoms with Crippen molar-refractivity contribution in [3.8, 4) is 0 Å². The van der Waals surface area contributed by atoms with E-state index >= 15 is 0 Å². The lowest BCUT2D eigenvalue weighted by atomic mass is 10.2. The average Bonchev–Trinajstić information content (AvgIpc) is 2.44. The molecule has 0 radical (unpaired) electrons. The van der Waals surface area contributed by atoms with Crippen molar-refractivity contribution in [2.75, 3.05) is 17.2 Å². The Hall–Kier alpha value is -1.95. The number of anilines is 2. The number of hydrogen-bond donors (Lipinski definition) is 2. The number of aromatic nitrogens is 2. The average molecular weight is 363 g/mol. The van der Waals surface area contributed by atoms with E-state index in [2.05, 4.69) is 50.4 Å². The van der Waals surface area contributed by atoms with Crippen LogP contribution >= 0.6 is 15.9 Å². The van der Waals surface area contributed by atoms with Crippen molar-refractivity contribution >= 4 is 33.5 Å². The number of hydrogen-bond acceptors (Lipinski definition) is 4. The Kier molecular flexibility index (Phi) is 5.49. The molecule has 0 spiro atoms. The van der Waals surface area contributed by atoms with Gasteiger partial charge in [-0.1, -0.05) is 35.8 Å². The topological polar surface area (TPSA) is 66.9 Å². The molecule has 6 heteroatoms. The highest BCUT2D eigenvalue weighted by Gasteiger charge is 2.11. The molecule has 0 fully saturated rings. The normalized spacial score (nSPS) is 10.6. The van der Waals surface area contributed by atoms with Crippen LogP contribution in [0.15, 0.2) is 34.8 Å². The molecule has 1 aromatic heterocycles. The molecule has 0 unspecified atom stereocenters. The van der Waals surface area contributed by atoms with Crippen molar-refractivity contribution in [1.29, 1.82) is 0 Å². The minimum absolute atomic E-state index is 0.254. The fourth-order valence-electron chi connectivity index (χ4n) is 1.82. The summed E-state index contributed by atoms with van der Waals surface area (Å²) < 4.78 is 0.906. The lowest BCUT2D eigenvalue weighted by molar-refractivity contribution is 0.102. The molecule has 0 atom stereocenters. The molecular weight excluding hydrogens is 344 g/mol. The quantitative estimate of drug-likeness (QED) is 0.846. The Morgan fingerprint density at radius 1 is 1.27 bits per heavy atom. The van der Waals surface area contributed by atoms with Gasteiger partial charge in [0.15, 0.2) is 0 Å². The van der Waals surface area contributed by atoms with Gasteiger partial charge in [-0.15, -0.1) is 0 Å². The van der Waals surface area contributed by atoms with E-state index in [-0.39, 0.29) is 5.91 Å². The van der Waals surface area contributed by atoms with Crippen LogP contribution in [0.1, 0.15) is 30.0 Å². The van der Waals surface area contributed by atoms with Gasteiger partial charge in [0.2, 0.25) is 5.95 Å². The van der Waals surface area contributed by atoms with Gasteiger partial charge < -0.3 is 10.6 Å². The highest BCUT2D eigenvalue weighted by Crippen LogP contribution is 2.16. The van der Waals surface area contributed by atoms with E-state index in [1.165, 1.54) is 0 Å². The molecular formula is C16H19BrN4O. The summed E-state index contributed by atoms with van der Waals surface area (Å²) >= 11 is 3.38. The van der Waals surface area contributed by atoms with Gasteiger partial charge in [0.05, 0.1) is 0 Å². The van der Waals surface area contributed by atoms with Crippen LogP contribution in [-0.4, -0.2) is 22.4 Å². The van der Waals surface area contributed by atoms with Gasteiger partial charge in [0, 0.05) is 22.4 Å². The van der Waals surface area contributed by atoms with Crippen molar-refractivity contribution < 1.29 is 4.79 Å². The maximum Gasteiger partial charge on any atom is 0.274 e. The Labute approximate surface area is 138 Å². The summed E-state index contributed by atoms with van der Waals surface area (Å²) in [5.41, 5.74) is 1.81. The molecule has 1 amide bonds. The zero-order chi connectivity index (χ0) is 16.1. The first kappa shape index (κ1) is 16.4. The number of carbonyl (C=O) groups is 1. The zero-order valence-electron chi connectivity index (χ0n) is 12.9. The summed E-state index contributed by atoms with van der Waals surface area (Å²) in [6.45, 7) is 6.81. The van der Waals surface area contributed by atoms with Crippen molar-refractivity contribution in [3.63, 3.8) is 0 Å². The molecule has 2 N–H and O–H groups in total. The lowest BCUT2D eigenvalue weighted by Gasteiger charge is -2.10. The number of nitrogens with one attached hydrogen (secondary N) is 2. The molecule has 116 valence electrons. The van der Waals surface area contributed by atoms with E-state index in [1.807, 2.05) is 31.2 Å². The van der Waals surface area contributed by atoms with Crippen LogP contribution < -0.4 is 10.6 Å². The van der Waals surface area contributed by atoms with Crippen LogP contribution in [0.25, 0.3) is 0 Å². The number of amides is 1. The predicted molar refractivity (Wildman–Crippen MR) is 92.2 cm³/mol. The molecule has 0 saturated heterocycles. The van der Waals surface area contributed by atoms with Gasteiger partial charge in [0.25, 0.3) is 5.91 Å². The molecule has 0 bridgehead atoms.